The van der Waals surface area contributed by atoms with Gasteiger partial charge in [-0.3, -0.25) is 0 Å². The first-order valence-electron chi connectivity index (χ1n) is 6.17. The zero-order chi connectivity index (χ0) is 13.6. The van der Waals surface area contributed by atoms with Gasteiger partial charge in [-0.15, -0.1) is 0 Å². The third-order valence-electron chi connectivity index (χ3n) is 3.09. The highest BCUT2D eigenvalue weighted by Gasteiger charge is 2.27. The molecule has 0 saturated heterocycles. The number of rotatable bonds is 7. The molecular weight excluding hydrogens is 233 g/mol. The summed E-state index contributed by atoms with van der Waals surface area (Å²) in [5.74, 6) is -0.283. The molecule has 3 N–H and O–H groups in total. The summed E-state index contributed by atoms with van der Waals surface area (Å²) in [5, 5.41) is 10.5. The van der Waals surface area contributed by atoms with E-state index in [-0.39, 0.29) is 12.4 Å². The van der Waals surface area contributed by atoms with E-state index in [2.05, 4.69) is 0 Å². The van der Waals surface area contributed by atoms with Gasteiger partial charge in [0.1, 0.15) is 5.82 Å². The van der Waals surface area contributed by atoms with Crippen LogP contribution in [0.3, 0.4) is 0 Å². The highest BCUT2D eigenvalue weighted by atomic mass is 19.1. The fourth-order valence-electron chi connectivity index (χ4n) is 2.10. The van der Waals surface area contributed by atoms with E-state index < -0.39 is 5.60 Å². The fourth-order valence-corrected chi connectivity index (χ4v) is 2.10. The molecule has 0 aliphatic heterocycles. The number of hydrogen-bond donors (Lipinski definition) is 2. The van der Waals surface area contributed by atoms with E-state index in [4.69, 9.17) is 10.5 Å². The van der Waals surface area contributed by atoms with Gasteiger partial charge in [-0.2, -0.15) is 0 Å². The molecule has 0 heterocycles. The van der Waals surface area contributed by atoms with Gasteiger partial charge in [-0.1, -0.05) is 6.07 Å². The molecule has 0 bridgehead atoms. The van der Waals surface area contributed by atoms with Crippen molar-refractivity contribution in [2.75, 3.05) is 20.3 Å². The van der Waals surface area contributed by atoms with Crippen molar-refractivity contribution in [1.82, 2.24) is 0 Å². The molecule has 18 heavy (non-hydrogen) atoms. The van der Waals surface area contributed by atoms with E-state index in [0.29, 0.717) is 25.8 Å². The summed E-state index contributed by atoms with van der Waals surface area (Å²) < 4.78 is 18.3. The number of aryl methyl sites for hydroxylation is 1. The quantitative estimate of drug-likeness (QED) is 0.781. The van der Waals surface area contributed by atoms with Gasteiger partial charge < -0.3 is 15.6 Å². The minimum absolute atomic E-state index is 0.225. The Labute approximate surface area is 108 Å². The Balaban J connectivity index is 2.84. The standard InChI is InChI=1S/C14H22FNO2/c1-11-4-5-13(15)8-12(11)9-14(17,10-18-2)6-3-7-16/h4-5,8,17H,3,6-7,9-10,16H2,1-2H3. The summed E-state index contributed by atoms with van der Waals surface area (Å²) in [6.07, 6.45) is 1.64. The maximum atomic E-state index is 13.2. The summed E-state index contributed by atoms with van der Waals surface area (Å²) in [6.45, 7) is 2.65. The van der Waals surface area contributed by atoms with Crippen LogP contribution in [0.5, 0.6) is 0 Å². The molecule has 3 nitrogen and oxygen atoms in total. The van der Waals surface area contributed by atoms with Crippen LogP contribution < -0.4 is 5.73 Å². The Hall–Kier alpha value is -0.970. The number of aliphatic hydroxyl groups is 1. The van der Waals surface area contributed by atoms with Crippen LogP contribution in [0.15, 0.2) is 18.2 Å². The van der Waals surface area contributed by atoms with Crippen molar-refractivity contribution in [2.24, 2.45) is 5.73 Å². The van der Waals surface area contributed by atoms with Gasteiger partial charge in [0.15, 0.2) is 0 Å². The molecule has 1 aromatic carbocycles. The van der Waals surface area contributed by atoms with Crippen molar-refractivity contribution < 1.29 is 14.2 Å². The van der Waals surface area contributed by atoms with Gasteiger partial charge in [0.2, 0.25) is 0 Å². The third-order valence-corrected chi connectivity index (χ3v) is 3.09. The van der Waals surface area contributed by atoms with Crippen molar-refractivity contribution >= 4 is 0 Å². The van der Waals surface area contributed by atoms with E-state index in [1.807, 2.05) is 6.92 Å². The van der Waals surface area contributed by atoms with E-state index in [1.54, 1.807) is 13.2 Å². The largest absolute Gasteiger partial charge is 0.387 e. The molecule has 0 spiro atoms. The Morgan fingerprint density at radius 1 is 1.44 bits per heavy atom. The monoisotopic (exact) mass is 255 g/mol. The number of nitrogens with two attached hydrogens (primary N) is 1. The van der Waals surface area contributed by atoms with Crippen LogP contribution in [0.4, 0.5) is 4.39 Å². The minimum atomic E-state index is -0.979. The van der Waals surface area contributed by atoms with E-state index in [9.17, 15) is 9.50 Å². The first-order valence-corrected chi connectivity index (χ1v) is 6.17. The number of hydrogen-bond acceptors (Lipinski definition) is 3. The van der Waals surface area contributed by atoms with Crippen LogP contribution >= 0.6 is 0 Å². The molecule has 1 aromatic rings. The lowest BCUT2D eigenvalue weighted by molar-refractivity contribution is -0.0376. The van der Waals surface area contributed by atoms with Crippen molar-refractivity contribution in [3.63, 3.8) is 0 Å². The normalized spacial score (nSPS) is 14.5. The van der Waals surface area contributed by atoms with E-state index in [1.165, 1.54) is 12.1 Å². The van der Waals surface area contributed by atoms with Crippen LogP contribution in [0.1, 0.15) is 24.0 Å². The molecule has 0 aliphatic carbocycles. The van der Waals surface area contributed by atoms with Crippen LogP contribution in [0.25, 0.3) is 0 Å². The van der Waals surface area contributed by atoms with Gasteiger partial charge in [-0.25, -0.2) is 4.39 Å². The second-order valence-electron chi connectivity index (χ2n) is 4.80. The molecule has 102 valence electrons. The Morgan fingerprint density at radius 2 is 2.17 bits per heavy atom. The van der Waals surface area contributed by atoms with E-state index in [0.717, 1.165) is 11.1 Å². The molecule has 0 radical (unpaired) electrons. The maximum Gasteiger partial charge on any atom is 0.123 e. The lowest BCUT2D eigenvalue weighted by Gasteiger charge is -2.28. The van der Waals surface area contributed by atoms with Crippen molar-refractivity contribution in [3.05, 3.63) is 35.1 Å². The topological polar surface area (TPSA) is 55.5 Å². The number of ether oxygens (including phenoxy) is 1. The van der Waals surface area contributed by atoms with E-state index >= 15 is 0 Å². The van der Waals surface area contributed by atoms with Gasteiger partial charge in [-0.05, 0) is 49.6 Å². The summed E-state index contributed by atoms with van der Waals surface area (Å²) >= 11 is 0. The molecule has 0 aliphatic rings. The number of halogens is 1. The molecule has 0 amide bonds. The molecule has 1 atom stereocenters. The molecule has 0 saturated carbocycles. The number of benzene rings is 1. The first-order chi connectivity index (χ1) is 8.50. The lowest BCUT2D eigenvalue weighted by atomic mass is 9.89. The van der Waals surface area contributed by atoms with Crippen LogP contribution in [0.2, 0.25) is 0 Å². The van der Waals surface area contributed by atoms with Crippen molar-refractivity contribution in [1.29, 1.82) is 0 Å². The zero-order valence-corrected chi connectivity index (χ0v) is 11.1. The molecular formula is C14H22FNO2. The molecule has 0 aromatic heterocycles. The van der Waals surface area contributed by atoms with Crippen LogP contribution in [-0.4, -0.2) is 31.0 Å². The second-order valence-corrected chi connectivity index (χ2v) is 4.80. The average Bonchev–Trinajstić information content (AvgIpc) is 2.32. The maximum absolute atomic E-state index is 13.2. The molecule has 0 fully saturated rings. The molecule has 1 rings (SSSR count). The summed E-state index contributed by atoms with van der Waals surface area (Å²) in [5.41, 5.74) is 6.27. The number of methoxy groups -OCH3 is 1. The minimum Gasteiger partial charge on any atom is -0.387 e. The van der Waals surface area contributed by atoms with Crippen molar-refractivity contribution in [2.45, 2.75) is 31.8 Å². The predicted molar refractivity (Wildman–Crippen MR) is 70.0 cm³/mol. The summed E-state index contributed by atoms with van der Waals surface area (Å²) in [6, 6.07) is 4.62. The van der Waals surface area contributed by atoms with Crippen LogP contribution in [0, 0.1) is 12.7 Å². The summed E-state index contributed by atoms with van der Waals surface area (Å²) in [7, 11) is 1.55. The van der Waals surface area contributed by atoms with Gasteiger partial charge in [0.25, 0.3) is 0 Å². The zero-order valence-electron chi connectivity index (χ0n) is 11.1. The average molecular weight is 255 g/mol. The van der Waals surface area contributed by atoms with Gasteiger partial charge in [0.05, 0.1) is 12.2 Å². The molecule has 1 unspecified atom stereocenters. The second kappa shape index (κ2) is 6.83. The highest BCUT2D eigenvalue weighted by molar-refractivity contribution is 5.28. The lowest BCUT2D eigenvalue weighted by Crippen LogP contribution is -2.37. The summed E-state index contributed by atoms with van der Waals surface area (Å²) in [4.78, 5) is 0. The molecule has 4 heteroatoms. The SMILES string of the molecule is COCC(O)(CCCN)Cc1cc(F)ccc1C. The fraction of sp³-hybridized carbons (Fsp3) is 0.571. The Morgan fingerprint density at radius 3 is 2.78 bits per heavy atom. The predicted octanol–water partition coefficient (Wildman–Crippen LogP) is 1.79. The van der Waals surface area contributed by atoms with Gasteiger partial charge >= 0.3 is 0 Å². The third kappa shape index (κ3) is 4.37. The first kappa shape index (κ1) is 15.1. The van der Waals surface area contributed by atoms with Crippen molar-refractivity contribution in [3.8, 4) is 0 Å². The smallest absolute Gasteiger partial charge is 0.123 e. The Bertz CT molecular complexity index is 384. The van der Waals surface area contributed by atoms with Crippen LogP contribution in [-0.2, 0) is 11.2 Å². The highest BCUT2D eigenvalue weighted by Crippen LogP contribution is 2.22. The Kier molecular flexibility index (Phi) is 5.72. The van der Waals surface area contributed by atoms with Gasteiger partial charge in [0, 0.05) is 13.5 Å².